The molecule has 3 nitrogen and oxygen atoms in total. The molecular formula is C10H14O3. The lowest BCUT2D eigenvalue weighted by atomic mass is 9.78. The van der Waals surface area contributed by atoms with Gasteiger partial charge in [-0.1, -0.05) is 6.08 Å². The molecule has 3 heteroatoms. The van der Waals surface area contributed by atoms with Gasteiger partial charge in [-0.2, -0.15) is 0 Å². The number of Topliss-reactive ketones (excluding diaryl/α,β-unsaturated/α-hetero) is 1. The first-order chi connectivity index (χ1) is 6.13. The van der Waals surface area contributed by atoms with Crippen LogP contribution in [0.4, 0.5) is 0 Å². The van der Waals surface area contributed by atoms with Gasteiger partial charge >= 0.3 is 5.97 Å². The smallest absolute Gasteiger partial charge is 0.319 e. The third kappa shape index (κ3) is 1.64. The Morgan fingerprint density at radius 2 is 2.46 bits per heavy atom. The molecule has 1 rings (SSSR count). The van der Waals surface area contributed by atoms with Crippen molar-refractivity contribution in [2.24, 2.45) is 5.41 Å². The third-order valence-corrected chi connectivity index (χ3v) is 2.60. The number of ether oxygens (including phenoxy) is 1. The summed E-state index contributed by atoms with van der Waals surface area (Å²) < 4.78 is 4.83. The molecule has 1 unspecified atom stereocenters. The number of ketones is 1. The lowest BCUT2D eigenvalue weighted by Crippen LogP contribution is -2.33. The van der Waals surface area contributed by atoms with E-state index in [1.54, 1.807) is 6.08 Å². The van der Waals surface area contributed by atoms with Crippen molar-refractivity contribution in [1.29, 1.82) is 0 Å². The predicted molar refractivity (Wildman–Crippen MR) is 48.1 cm³/mol. The van der Waals surface area contributed by atoms with Crippen LogP contribution >= 0.6 is 0 Å². The standard InChI is InChI=1S/C10H14O3/c1-3-4-5-10(8(2)11)6-7-13-9(10)12/h3H,1,4-7H2,2H3. The van der Waals surface area contributed by atoms with Crippen LogP contribution in [0, 0.1) is 5.41 Å². The first kappa shape index (κ1) is 9.96. The van der Waals surface area contributed by atoms with Crippen molar-refractivity contribution < 1.29 is 14.3 Å². The summed E-state index contributed by atoms with van der Waals surface area (Å²) in [7, 11) is 0. The van der Waals surface area contributed by atoms with Crippen LogP contribution in [-0.2, 0) is 14.3 Å². The fourth-order valence-corrected chi connectivity index (χ4v) is 1.63. The number of esters is 1. The molecule has 0 aromatic heterocycles. The van der Waals surface area contributed by atoms with Crippen LogP contribution in [0.3, 0.4) is 0 Å². The monoisotopic (exact) mass is 182 g/mol. The van der Waals surface area contributed by atoms with E-state index in [4.69, 9.17) is 4.74 Å². The average molecular weight is 182 g/mol. The number of rotatable bonds is 4. The minimum atomic E-state index is -0.867. The molecular weight excluding hydrogens is 168 g/mol. The number of cyclic esters (lactones) is 1. The second kappa shape index (κ2) is 3.73. The molecule has 13 heavy (non-hydrogen) atoms. The Balaban J connectivity index is 2.80. The minimum Gasteiger partial charge on any atom is -0.465 e. The largest absolute Gasteiger partial charge is 0.465 e. The van der Waals surface area contributed by atoms with Crippen LogP contribution in [-0.4, -0.2) is 18.4 Å². The fourth-order valence-electron chi connectivity index (χ4n) is 1.63. The van der Waals surface area contributed by atoms with Crippen LogP contribution in [0.25, 0.3) is 0 Å². The van der Waals surface area contributed by atoms with Crippen molar-refractivity contribution in [1.82, 2.24) is 0 Å². The zero-order valence-corrected chi connectivity index (χ0v) is 7.84. The molecule has 0 aromatic rings. The van der Waals surface area contributed by atoms with Crippen LogP contribution in [0.5, 0.6) is 0 Å². The second-order valence-corrected chi connectivity index (χ2v) is 3.35. The lowest BCUT2D eigenvalue weighted by molar-refractivity contribution is -0.151. The van der Waals surface area contributed by atoms with Gasteiger partial charge in [-0.15, -0.1) is 6.58 Å². The first-order valence-electron chi connectivity index (χ1n) is 4.42. The van der Waals surface area contributed by atoms with Crippen LogP contribution < -0.4 is 0 Å². The van der Waals surface area contributed by atoms with E-state index in [0.717, 1.165) is 0 Å². The van der Waals surface area contributed by atoms with Gasteiger partial charge in [-0.3, -0.25) is 9.59 Å². The van der Waals surface area contributed by atoms with Gasteiger partial charge < -0.3 is 4.74 Å². The number of allylic oxidation sites excluding steroid dienone is 1. The molecule has 0 N–H and O–H groups in total. The Kier molecular flexibility index (Phi) is 2.86. The van der Waals surface area contributed by atoms with E-state index in [9.17, 15) is 9.59 Å². The van der Waals surface area contributed by atoms with E-state index in [-0.39, 0.29) is 11.8 Å². The van der Waals surface area contributed by atoms with Crippen LogP contribution in [0.15, 0.2) is 12.7 Å². The van der Waals surface area contributed by atoms with Gasteiger partial charge in [0.1, 0.15) is 11.2 Å². The number of carbonyl (C=O) groups excluding carboxylic acids is 2. The van der Waals surface area contributed by atoms with Gasteiger partial charge in [0.15, 0.2) is 0 Å². The van der Waals surface area contributed by atoms with Crippen LogP contribution in [0.2, 0.25) is 0 Å². The number of hydrogen-bond donors (Lipinski definition) is 0. The Labute approximate surface area is 77.8 Å². The van der Waals surface area contributed by atoms with E-state index in [0.29, 0.717) is 25.9 Å². The van der Waals surface area contributed by atoms with Gasteiger partial charge in [0.25, 0.3) is 0 Å². The first-order valence-corrected chi connectivity index (χ1v) is 4.42. The molecule has 1 heterocycles. The summed E-state index contributed by atoms with van der Waals surface area (Å²) in [6.45, 7) is 5.40. The van der Waals surface area contributed by atoms with E-state index < -0.39 is 5.41 Å². The summed E-state index contributed by atoms with van der Waals surface area (Å²) in [6.07, 6.45) is 3.45. The highest BCUT2D eigenvalue weighted by Gasteiger charge is 2.47. The van der Waals surface area contributed by atoms with E-state index in [1.165, 1.54) is 6.92 Å². The summed E-state index contributed by atoms with van der Waals surface area (Å²) in [5, 5.41) is 0. The average Bonchev–Trinajstić information content (AvgIpc) is 2.45. The highest BCUT2D eigenvalue weighted by Crippen LogP contribution is 2.35. The van der Waals surface area contributed by atoms with Crippen molar-refractivity contribution >= 4 is 11.8 Å². The SMILES string of the molecule is C=CCCC1(C(C)=O)CCOC1=O. The Morgan fingerprint density at radius 3 is 2.85 bits per heavy atom. The molecule has 0 bridgehead atoms. The normalized spacial score (nSPS) is 27.0. The lowest BCUT2D eigenvalue weighted by Gasteiger charge is -2.19. The molecule has 1 saturated heterocycles. The highest BCUT2D eigenvalue weighted by atomic mass is 16.5. The molecule has 1 fully saturated rings. The molecule has 72 valence electrons. The summed E-state index contributed by atoms with van der Waals surface area (Å²) in [6, 6.07) is 0. The van der Waals surface area contributed by atoms with Crippen molar-refractivity contribution in [2.75, 3.05) is 6.61 Å². The molecule has 0 aliphatic carbocycles. The summed E-state index contributed by atoms with van der Waals surface area (Å²) >= 11 is 0. The number of carbonyl (C=O) groups is 2. The van der Waals surface area contributed by atoms with E-state index in [2.05, 4.69) is 6.58 Å². The van der Waals surface area contributed by atoms with Crippen LogP contribution in [0.1, 0.15) is 26.2 Å². The van der Waals surface area contributed by atoms with Crippen molar-refractivity contribution in [3.8, 4) is 0 Å². The second-order valence-electron chi connectivity index (χ2n) is 3.35. The van der Waals surface area contributed by atoms with Crippen molar-refractivity contribution in [3.63, 3.8) is 0 Å². The summed E-state index contributed by atoms with van der Waals surface area (Å²) in [4.78, 5) is 22.7. The molecule has 0 radical (unpaired) electrons. The van der Waals surface area contributed by atoms with Crippen molar-refractivity contribution in [2.45, 2.75) is 26.2 Å². The zero-order chi connectivity index (χ0) is 9.90. The minimum absolute atomic E-state index is 0.0862. The third-order valence-electron chi connectivity index (χ3n) is 2.60. The molecule has 0 saturated carbocycles. The van der Waals surface area contributed by atoms with Gasteiger partial charge in [0, 0.05) is 6.42 Å². The maximum atomic E-state index is 11.4. The molecule has 0 amide bonds. The topological polar surface area (TPSA) is 43.4 Å². The summed E-state index contributed by atoms with van der Waals surface area (Å²) in [5.41, 5.74) is -0.867. The van der Waals surface area contributed by atoms with Crippen molar-refractivity contribution in [3.05, 3.63) is 12.7 Å². The van der Waals surface area contributed by atoms with E-state index >= 15 is 0 Å². The summed E-state index contributed by atoms with van der Waals surface area (Å²) in [5.74, 6) is -0.446. The van der Waals surface area contributed by atoms with Gasteiger partial charge in [0.2, 0.25) is 0 Å². The Bertz CT molecular complexity index is 245. The Hall–Kier alpha value is -1.12. The maximum Gasteiger partial charge on any atom is 0.319 e. The molecule has 1 atom stereocenters. The molecule has 1 aliphatic heterocycles. The maximum absolute atomic E-state index is 11.4. The fraction of sp³-hybridized carbons (Fsp3) is 0.600. The van der Waals surface area contributed by atoms with Gasteiger partial charge in [-0.25, -0.2) is 0 Å². The molecule has 0 spiro atoms. The zero-order valence-electron chi connectivity index (χ0n) is 7.84. The van der Waals surface area contributed by atoms with Gasteiger partial charge in [-0.05, 0) is 19.8 Å². The molecule has 1 aliphatic rings. The predicted octanol–water partition coefficient (Wildman–Crippen LogP) is 1.47. The quantitative estimate of drug-likeness (QED) is 0.375. The molecule has 0 aromatic carbocycles. The van der Waals surface area contributed by atoms with Gasteiger partial charge in [0.05, 0.1) is 6.61 Å². The van der Waals surface area contributed by atoms with E-state index in [1.807, 2.05) is 0 Å². The highest BCUT2D eigenvalue weighted by molar-refractivity contribution is 6.03. The number of hydrogen-bond acceptors (Lipinski definition) is 3. The Morgan fingerprint density at radius 1 is 1.77 bits per heavy atom.